The average Bonchev–Trinajstić information content (AvgIpc) is 2.31. The number of nitrogens with zero attached hydrogens (tertiary/aromatic N) is 2. The third-order valence-electron chi connectivity index (χ3n) is 3.22. The molecule has 0 aromatic heterocycles. The maximum atomic E-state index is 3.46. The molecule has 1 aliphatic rings. The van der Waals surface area contributed by atoms with Gasteiger partial charge in [-0.15, -0.1) is 0 Å². The number of thioether (sulfide) groups is 1. The van der Waals surface area contributed by atoms with Crippen molar-refractivity contribution in [2.45, 2.75) is 39.4 Å². The normalized spacial score (nSPS) is 16.8. The van der Waals surface area contributed by atoms with Crippen molar-refractivity contribution in [1.29, 1.82) is 0 Å². The van der Waals surface area contributed by atoms with Crippen LogP contribution in [0.25, 0.3) is 0 Å². The summed E-state index contributed by atoms with van der Waals surface area (Å²) in [6, 6.07) is 6.67. The molecular formula is C16H26N3S+. The predicted molar refractivity (Wildman–Crippen MR) is 89.8 cm³/mol. The highest BCUT2D eigenvalue weighted by Crippen LogP contribution is 2.31. The number of aryl methyl sites for hydroxylation is 2. The highest BCUT2D eigenvalue weighted by atomic mass is 32.2. The van der Waals surface area contributed by atoms with Crippen LogP contribution >= 0.6 is 11.8 Å². The van der Waals surface area contributed by atoms with Crippen molar-refractivity contribution in [2.24, 2.45) is 0 Å². The summed E-state index contributed by atoms with van der Waals surface area (Å²) < 4.78 is 2.50. The van der Waals surface area contributed by atoms with Crippen LogP contribution in [0.15, 0.2) is 18.2 Å². The first-order valence-corrected chi connectivity index (χ1v) is 7.92. The molecule has 1 aromatic carbocycles. The summed E-state index contributed by atoms with van der Waals surface area (Å²) in [5.74, 6) is 0. The van der Waals surface area contributed by atoms with Crippen molar-refractivity contribution >= 4 is 22.6 Å². The molecule has 0 saturated heterocycles. The molecule has 0 bridgehead atoms. The summed E-state index contributed by atoms with van der Waals surface area (Å²) in [5, 5.41) is 4.78. The van der Waals surface area contributed by atoms with E-state index in [9.17, 15) is 0 Å². The second-order valence-electron chi connectivity index (χ2n) is 6.48. The van der Waals surface area contributed by atoms with Gasteiger partial charge in [0, 0.05) is 4.75 Å². The smallest absolute Gasteiger partial charge is 0.245 e. The summed E-state index contributed by atoms with van der Waals surface area (Å²) >= 11 is 1.93. The molecule has 1 N–H and O–H groups in total. The lowest BCUT2D eigenvalue weighted by atomic mass is 10.1. The molecule has 2 rings (SSSR count). The van der Waals surface area contributed by atoms with E-state index in [-0.39, 0.29) is 4.75 Å². The van der Waals surface area contributed by atoms with Gasteiger partial charge in [0.15, 0.2) is 0 Å². The summed E-state index contributed by atoms with van der Waals surface area (Å²) in [6.45, 7) is 12.9. The van der Waals surface area contributed by atoms with Gasteiger partial charge in [-0.3, -0.25) is 0 Å². The Hall–Kier alpha value is -1.000. The zero-order chi connectivity index (χ0) is 14.9. The van der Waals surface area contributed by atoms with E-state index in [0.29, 0.717) is 0 Å². The Morgan fingerprint density at radius 2 is 1.95 bits per heavy atom. The fourth-order valence-corrected chi connectivity index (χ4v) is 3.42. The van der Waals surface area contributed by atoms with E-state index in [1.54, 1.807) is 0 Å². The van der Waals surface area contributed by atoms with Gasteiger partial charge < -0.3 is 0 Å². The number of anilines is 1. The van der Waals surface area contributed by atoms with Crippen LogP contribution in [0.2, 0.25) is 0 Å². The number of benzene rings is 1. The lowest BCUT2D eigenvalue weighted by Gasteiger charge is -2.29. The van der Waals surface area contributed by atoms with Crippen molar-refractivity contribution in [3.05, 3.63) is 29.3 Å². The third-order valence-corrected chi connectivity index (χ3v) is 4.54. The second-order valence-corrected chi connectivity index (χ2v) is 8.27. The standard InChI is InChI=1S/C16H26N3S/c1-12-7-8-14(13(2)9-12)19-11-17-10-18(6)15(19)20-16(3,4)5/h7-9,17H,10-11H2,1-6H3/q+1. The largest absolute Gasteiger partial charge is 0.315 e. The minimum absolute atomic E-state index is 0.206. The van der Waals surface area contributed by atoms with E-state index < -0.39 is 0 Å². The zero-order valence-corrected chi connectivity index (χ0v) is 14.3. The fraction of sp³-hybridized carbons (Fsp3) is 0.562. The summed E-state index contributed by atoms with van der Waals surface area (Å²) in [6.07, 6.45) is 0. The summed E-state index contributed by atoms with van der Waals surface area (Å²) in [5.41, 5.74) is 3.94. The molecule has 0 spiro atoms. The van der Waals surface area contributed by atoms with Crippen LogP contribution in [0, 0.1) is 13.8 Å². The number of amidine groups is 1. The van der Waals surface area contributed by atoms with E-state index in [2.05, 4.69) is 74.7 Å². The Balaban J connectivity index is 2.40. The van der Waals surface area contributed by atoms with E-state index in [4.69, 9.17) is 0 Å². The van der Waals surface area contributed by atoms with Gasteiger partial charge in [-0.25, -0.2) is 14.8 Å². The highest BCUT2D eigenvalue weighted by molar-refractivity contribution is 8.15. The molecule has 0 aliphatic carbocycles. The molecular weight excluding hydrogens is 266 g/mol. The molecule has 0 unspecified atom stereocenters. The van der Waals surface area contributed by atoms with Crippen molar-refractivity contribution in [1.82, 2.24) is 5.32 Å². The first-order valence-electron chi connectivity index (χ1n) is 7.10. The van der Waals surface area contributed by atoms with Crippen LogP contribution in [0.5, 0.6) is 0 Å². The Morgan fingerprint density at radius 3 is 2.55 bits per heavy atom. The van der Waals surface area contributed by atoms with E-state index in [1.165, 1.54) is 22.0 Å². The fourth-order valence-electron chi connectivity index (χ4n) is 2.37. The van der Waals surface area contributed by atoms with Crippen molar-refractivity contribution in [3.8, 4) is 0 Å². The third kappa shape index (κ3) is 3.55. The van der Waals surface area contributed by atoms with Crippen LogP contribution in [-0.2, 0) is 0 Å². The number of nitrogens with one attached hydrogen (secondary N) is 1. The van der Waals surface area contributed by atoms with Crippen LogP contribution < -0.4 is 10.2 Å². The quantitative estimate of drug-likeness (QED) is 0.802. The monoisotopic (exact) mass is 292 g/mol. The van der Waals surface area contributed by atoms with Crippen LogP contribution in [0.1, 0.15) is 31.9 Å². The Bertz CT molecular complexity index is 529. The van der Waals surface area contributed by atoms with Gasteiger partial charge in [0.2, 0.25) is 0 Å². The highest BCUT2D eigenvalue weighted by Gasteiger charge is 2.32. The Kier molecular flexibility index (Phi) is 4.45. The lowest BCUT2D eigenvalue weighted by molar-refractivity contribution is -0.504. The molecule has 4 heteroatoms. The van der Waals surface area contributed by atoms with Gasteiger partial charge >= 0.3 is 5.17 Å². The summed E-state index contributed by atoms with van der Waals surface area (Å²) in [4.78, 5) is 2.38. The second kappa shape index (κ2) is 5.78. The molecule has 20 heavy (non-hydrogen) atoms. The first-order chi connectivity index (χ1) is 9.28. The van der Waals surface area contributed by atoms with E-state index >= 15 is 0 Å². The molecule has 0 radical (unpaired) electrons. The summed E-state index contributed by atoms with van der Waals surface area (Å²) in [7, 11) is 2.15. The van der Waals surface area contributed by atoms with Gasteiger partial charge in [-0.2, -0.15) is 0 Å². The molecule has 110 valence electrons. The first kappa shape index (κ1) is 15.4. The van der Waals surface area contributed by atoms with Crippen molar-refractivity contribution in [2.75, 3.05) is 25.3 Å². The molecule has 1 aromatic rings. The topological polar surface area (TPSA) is 18.3 Å². The van der Waals surface area contributed by atoms with Crippen LogP contribution in [-0.4, -0.2) is 34.9 Å². The molecule has 1 heterocycles. The minimum atomic E-state index is 0.206. The van der Waals surface area contributed by atoms with Gasteiger partial charge in [-0.1, -0.05) is 38.5 Å². The van der Waals surface area contributed by atoms with Gasteiger partial charge in [-0.05, 0) is 37.2 Å². The van der Waals surface area contributed by atoms with Crippen molar-refractivity contribution < 1.29 is 4.58 Å². The molecule has 3 nitrogen and oxygen atoms in total. The molecule has 1 aliphatic heterocycles. The maximum absolute atomic E-state index is 3.46. The van der Waals surface area contributed by atoms with E-state index in [0.717, 1.165) is 13.3 Å². The van der Waals surface area contributed by atoms with Crippen molar-refractivity contribution in [3.63, 3.8) is 0 Å². The SMILES string of the molecule is Cc1ccc(N2CNC[N+](C)=C2SC(C)(C)C)c(C)c1. The van der Waals surface area contributed by atoms with Crippen LogP contribution in [0.3, 0.4) is 0 Å². The predicted octanol–water partition coefficient (Wildman–Crippen LogP) is 3.16. The number of hydrogen-bond acceptors (Lipinski definition) is 3. The Labute approximate surface area is 127 Å². The molecule has 0 saturated carbocycles. The molecule has 0 fully saturated rings. The van der Waals surface area contributed by atoms with Gasteiger partial charge in [0.1, 0.15) is 19.0 Å². The zero-order valence-electron chi connectivity index (χ0n) is 13.4. The Morgan fingerprint density at radius 1 is 1.25 bits per heavy atom. The van der Waals surface area contributed by atoms with E-state index in [1.807, 2.05) is 11.8 Å². The minimum Gasteiger partial charge on any atom is -0.245 e. The lowest BCUT2D eigenvalue weighted by Crippen LogP contribution is -2.50. The molecule has 0 amide bonds. The average molecular weight is 292 g/mol. The van der Waals surface area contributed by atoms with Gasteiger partial charge in [0.05, 0.1) is 7.05 Å². The number of rotatable bonds is 1. The molecule has 0 atom stereocenters. The van der Waals surface area contributed by atoms with Crippen LogP contribution in [0.4, 0.5) is 5.69 Å². The van der Waals surface area contributed by atoms with Gasteiger partial charge in [0.25, 0.3) is 0 Å². The maximum Gasteiger partial charge on any atom is 0.315 e. The number of hydrogen-bond donors (Lipinski definition) is 1.